The normalized spacial score (nSPS) is 12.3. The molecule has 0 amide bonds. The minimum Gasteiger partial charge on any atom is -0.508 e. The maximum absolute atomic E-state index is 12.5. The van der Waals surface area contributed by atoms with E-state index in [4.69, 9.17) is 0 Å². The van der Waals surface area contributed by atoms with Gasteiger partial charge in [0.2, 0.25) is 0 Å². The van der Waals surface area contributed by atoms with Gasteiger partial charge in [-0.15, -0.1) is 0 Å². The van der Waals surface area contributed by atoms with Crippen LogP contribution in [-0.2, 0) is 0 Å². The molecule has 1 heterocycles. The lowest BCUT2D eigenvalue weighted by atomic mass is 10.2. The van der Waals surface area contributed by atoms with Crippen molar-refractivity contribution in [3.63, 3.8) is 0 Å². The maximum atomic E-state index is 12.5. The maximum Gasteiger partial charge on any atom is 0.409 e. The number of phenols is 1. The first-order valence-corrected chi connectivity index (χ1v) is 6.60. The Morgan fingerprint density at radius 2 is 1.64 bits per heavy atom. The smallest absolute Gasteiger partial charge is 0.409 e. The lowest BCUT2D eigenvalue weighted by Gasteiger charge is -2.09. The van der Waals surface area contributed by atoms with E-state index in [2.05, 4.69) is 0 Å². The van der Waals surface area contributed by atoms with Gasteiger partial charge in [-0.2, -0.15) is 13.2 Å². The fourth-order valence-corrected chi connectivity index (χ4v) is 2.37. The van der Waals surface area contributed by atoms with Gasteiger partial charge in [-0.25, -0.2) is 0 Å². The topological polar surface area (TPSA) is 25.2 Å². The van der Waals surface area contributed by atoms with E-state index in [1.807, 2.05) is 24.3 Å². The number of aromatic nitrogens is 1. The van der Waals surface area contributed by atoms with Crippen LogP contribution in [-0.4, -0.2) is 15.8 Å². The highest BCUT2D eigenvalue weighted by Gasteiger charge is 2.22. The van der Waals surface area contributed by atoms with Gasteiger partial charge in [0.25, 0.3) is 0 Å². The van der Waals surface area contributed by atoms with Crippen LogP contribution < -0.4 is 0 Å². The molecule has 0 atom stereocenters. The van der Waals surface area contributed by atoms with E-state index in [-0.39, 0.29) is 11.8 Å². The molecular weight excluding hydrogens is 291 g/mol. The standard InChI is InChI=1S/C17H12F3NO/c18-17(19,20)10-9-14-11-12-3-1-2-4-16(12)21(14)13-5-7-15(22)8-6-13/h1-11,22H. The molecule has 3 rings (SSSR count). The molecule has 1 N–H and O–H groups in total. The quantitative estimate of drug-likeness (QED) is 0.715. The summed E-state index contributed by atoms with van der Waals surface area (Å²) in [5.41, 5.74) is 1.90. The third-order valence-corrected chi connectivity index (χ3v) is 3.29. The van der Waals surface area contributed by atoms with E-state index < -0.39 is 6.18 Å². The van der Waals surface area contributed by atoms with Gasteiger partial charge in [-0.1, -0.05) is 18.2 Å². The van der Waals surface area contributed by atoms with Crippen molar-refractivity contribution in [2.75, 3.05) is 0 Å². The number of phenolic OH excluding ortho intramolecular Hbond substituents is 1. The molecule has 2 nitrogen and oxygen atoms in total. The molecule has 0 saturated carbocycles. The number of hydrogen-bond donors (Lipinski definition) is 1. The zero-order chi connectivity index (χ0) is 15.7. The molecule has 0 saturated heterocycles. The summed E-state index contributed by atoms with van der Waals surface area (Å²) in [7, 11) is 0. The molecule has 0 bridgehead atoms. The number of benzene rings is 2. The van der Waals surface area contributed by atoms with Crippen molar-refractivity contribution in [3.8, 4) is 11.4 Å². The summed E-state index contributed by atoms with van der Waals surface area (Å²) in [5, 5.41) is 10.2. The van der Waals surface area contributed by atoms with Gasteiger partial charge in [-0.05, 0) is 42.5 Å². The van der Waals surface area contributed by atoms with E-state index in [9.17, 15) is 18.3 Å². The molecule has 3 aromatic rings. The molecule has 22 heavy (non-hydrogen) atoms. The summed E-state index contributed by atoms with van der Waals surface area (Å²) < 4.78 is 39.1. The Morgan fingerprint density at radius 3 is 2.32 bits per heavy atom. The number of nitrogens with zero attached hydrogens (tertiary/aromatic N) is 1. The summed E-state index contributed by atoms with van der Waals surface area (Å²) in [4.78, 5) is 0. The first-order valence-electron chi connectivity index (χ1n) is 6.60. The summed E-state index contributed by atoms with van der Waals surface area (Å²) >= 11 is 0. The van der Waals surface area contributed by atoms with Crippen molar-refractivity contribution >= 4 is 17.0 Å². The largest absolute Gasteiger partial charge is 0.508 e. The second-order valence-electron chi connectivity index (χ2n) is 4.85. The van der Waals surface area contributed by atoms with Crippen molar-refractivity contribution in [3.05, 3.63) is 66.4 Å². The molecule has 0 aliphatic heterocycles. The van der Waals surface area contributed by atoms with Gasteiger partial charge in [0.1, 0.15) is 5.75 Å². The molecule has 0 aliphatic carbocycles. The number of allylic oxidation sites excluding steroid dienone is 1. The molecule has 5 heteroatoms. The van der Waals surface area contributed by atoms with Crippen molar-refractivity contribution in [1.29, 1.82) is 0 Å². The van der Waals surface area contributed by atoms with Crippen LogP contribution in [0.15, 0.2) is 60.7 Å². The monoisotopic (exact) mass is 303 g/mol. The Labute approximate surface area is 124 Å². The van der Waals surface area contributed by atoms with Crippen LogP contribution in [0.4, 0.5) is 13.2 Å². The highest BCUT2D eigenvalue weighted by molar-refractivity contribution is 5.85. The SMILES string of the molecule is Oc1ccc(-n2c(C=CC(F)(F)F)cc3ccccc32)cc1. The molecule has 0 aliphatic rings. The number of hydrogen-bond acceptors (Lipinski definition) is 1. The Balaban J connectivity index is 2.21. The van der Waals surface area contributed by atoms with E-state index >= 15 is 0 Å². The fraction of sp³-hybridized carbons (Fsp3) is 0.0588. The van der Waals surface area contributed by atoms with Crippen LogP contribution in [0.1, 0.15) is 5.69 Å². The van der Waals surface area contributed by atoms with Crippen molar-refractivity contribution in [2.45, 2.75) is 6.18 Å². The van der Waals surface area contributed by atoms with Gasteiger partial charge in [-0.3, -0.25) is 0 Å². The zero-order valence-corrected chi connectivity index (χ0v) is 11.4. The number of fused-ring (bicyclic) bond motifs is 1. The summed E-state index contributed by atoms with van der Waals surface area (Å²) in [5.74, 6) is 0.104. The summed E-state index contributed by atoms with van der Waals surface area (Å²) in [6, 6.07) is 15.4. The van der Waals surface area contributed by atoms with Crippen LogP contribution in [0, 0.1) is 0 Å². The van der Waals surface area contributed by atoms with E-state index in [0.29, 0.717) is 11.4 Å². The number of para-hydroxylation sites is 1. The highest BCUT2D eigenvalue weighted by Crippen LogP contribution is 2.27. The minimum absolute atomic E-state index is 0.104. The lowest BCUT2D eigenvalue weighted by molar-refractivity contribution is -0.0790. The van der Waals surface area contributed by atoms with Crippen LogP contribution in [0.25, 0.3) is 22.7 Å². The van der Waals surface area contributed by atoms with E-state index in [1.165, 1.54) is 12.1 Å². The molecule has 112 valence electrons. The van der Waals surface area contributed by atoms with Crippen molar-refractivity contribution in [2.24, 2.45) is 0 Å². The summed E-state index contributed by atoms with van der Waals surface area (Å²) in [6.07, 6.45) is -3.10. The first kappa shape index (κ1) is 14.3. The Morgan fingerprint density at radius 1 is 0.955 bits per heavy atom. The number of rotatable bonds is 2. The zero-order valence-electron chi connectivity index (χ0n) is 11.4. The number of halogens is 3. The lowest BCUT2D eigenvalue weighted by Crippen LogP contribution is -2.01. The Bertz CT molecular complexity index is 829. The van der Waals surface area contributed by atoms with Gasteiger partial charge >= 0.3 is 6.18 Å². The van der Waals surface area contributed by atoms with Crippen LogP contribution in [0.5, 0.6) is 5.75 Å². The van der Waals surface area contributed by atoms with Gasteiger partial charge in [0.15, 0.2) is 0 Å². The number of alkyl halides is 3. The highest BCUT2D eigenvalue weighted by atomic mass is 19.4. The first-order chi connectivity index (χ1) is 10.4. The average Bonchev–Trinajstić information content (AvgIpc) is 2.84. The van der Waals surface area contributed by atoms with Crippen LogP contribution >= 0.6 is 0 Å². The average molecular weight is 303 g/mol. The van der Waals surface area contributed by atoms with Gasteiger partial charge < -0.3 is 9.67 Å². The predicted molar refractivity (Wildman–Crippen MR) is 80.0 cm³/mol. The Hall–Kier alpha value is -2.69. The fourth-order valence-electron chi connectivity index (χ4n) is 2.37. The molecule has 0 fully saturated rings. The molecular formula is C17H12F3NO. The molecule has 2 aromatic carbocycles. The third-order valence-electron chi connectivity index (χ3n) is 3.29. The van der Waals surface area contributed by atoms with Crippen LogP contribution in [0.3, 0.4) is 0 Å². The molecule has 0 spiro atoms. The van der Waals surface area contributed by atoms with Crippen molar-refractivity contribution < 1.29 is 18.3 Å². The molecule has 1 aromatic heterocycles. The van der Waals surface area contributed by atoms with E-state index in [0.717, 1.165) is 17.0 Å². The second kappa shape index (κ2) is 5.26. The second-order valence-corrected chi connectivity index (χ2v) is 4.85. The van der Waals surface area contributed by atoms with Crippen molar-refractivity contribution in [1.82, 2.24) is 4.57 Å². The molecule has 0 unspecified atom stereocenters. The van der Waals surface area contributed by atoms with Gasteiger partial charge in [0.05, 0.1) is 5.52 Å². The molecule has 0 radical (unpaired) electrons. The Kier molecular flexibility index (Phi) is 3.41. The van der Waals surface area contributed by atoms with Crippen LogP contribution in [0.2, 0.25) is 0 Å². The summed E-state index contributed by atoms with van der Waals surface area (Å²) in [6.45, 7) is 0. The predicted octanol–water partition coefficient (Wildman–Crippen LogP) is 4.91. The van der Waals surface area contributed by atoms with Gasteiger partial charge in [0, 0.05) is 22.8 Å². The third kappa shape index (κ3) is 2.83. The minimum atomic E-state index is -4.36. The van der Waals surface area contributed by atoms with E-state index in [1.54, 1.807) is 22.8 Å². The number of aromatic hydroxyl groups is 1.